The molecular weight excluding hydrogens is 376 g/mol. The molecule has 1 unspecified atom stereocenters. The average Bonchev–Trinajstić information content (AvgIpc) is 3.01. The molecule has 2 aromatic heterocycles. The Morgan fingerprint density at radius 2 is 1.93 bits per heavy atom. The molecule has 1 atom stereocenters. The highest BCUT2D eigenvalue weighted by Crippen LogP contribution is 2.22. The maximum absolute atomic E-state index is 12.8. The van der Waals surface area contributed by atoms with Crippen molar-refractivity contribution in [3.05, 3.63) is 63.1 Å². The normalized spacial score (nSPS) is 12.3. The fraction of sp³-hybridized carbons (Fsp3) is 0.458. The number of amides is 1. The number of hydrogen-bond acceptors (Lipinski definition) is 3. The monoisotopic (exact) mass is 408 g/mol. The second-order valence-electron chi connectivity index (χ2n) is 8.02. The van der Waals surface area contributed by atoms with Gasteiger partial charge < -0.3 is 10.3 Å². The molecule has 2 N–H and O–H groups in total. The Bertz CT molecular complexity index is 1070. The van der Waals surface area contributed by atoms with Crippen molar-refractivity contribution in [2.24, 2.45) is 7.05 Å². The summed E-state index contributed by atoms with van der Waals surface area (Å²) in [6.07, 6.45) is 4.99. The fourth-order valence-electron chi connectivity index (χ4n) is 4.17. The van der Waals surface area contributed by atoms with E-state index in [-0.39, 0.29) is 23.9 Å². The van der Waals surface area contributed by atoms with Gasteiger partial charge in [0.1, 0.15) is 5.65 Å². The zero-order valence-corrected chi connectivity index (χ0v) is 18.4. The van der Waals surface area contributed by atoms with Gasteiger partial charge in [0.25, 0.3) is 5.56 Å². The average molecular weight is 409 g/mol. The van der Waals surface area contributed by atoms with Crippen LogP contribution in [-0.2, 0) is 18.3 Å². The third-order valence-corrected chi connectivity index (χ3v) is 5.79. The number of hydrogen-bond donors (Lipinski definition) is 2. The Hall–Kier alpha value is -2.89. The molecule has 0 fully saturated rings. The zero-order chi connectivity index (χ0) is 21.7. The minimum absolute atomic E-state index is 0.00711. The summed E-state index contributed by atoms with van der Waals surface area (Å²) in [4.78, 5) is 28.3. The van der Waals surface area contributed by atoms with Gasteiger partial charge in [-0.2, -0.15) is 5.10 Å². The van der Waals surface area contributed by atoms with Gasteiger partial charge in [-0.3, -0.25) is 14.3 Å². The van der Waals surface area contributed by atoms with Crippen molar-refractivity contribution in [1.29, 1.82) is 0 Å². The van der Waals surface area contributed by atoms with Crippen molar-refractivity contribution in [2.45, 2.75) is 65.3 Å². The Labute approximate surface area is 177 Å². The molecule has 0 aliphatic carbocycles. The van der Waals surface area contributed by atoms with E-state index in [0.717, 1.165) is 53.5 Å². The number of benzene rings is 1. The lowest BCUT2D eigenvalue weighted by atomic mass is 9.99. The molecule has 0 aliphatic heterocycles. The van der Waals surface area contributed by atoms with Gasteiger partial charge in [0.2, 0.25) is 5.91 Å². The number of pyridine rings is 1. The maximum atomic E-state index is 12.8. The van der Waals surface area contributed by atoms with E-state index in [9.17, 15) is 9.59 Å². The molecule has 1 aromatic carbocycles. The van der Waals surface area contributed by atoms with Crippen molar-refractivity contribution in [2.75, 3.05) is 0 Å². The second-order valence-corrected chi connectivity index (χ2v) is 8.02. The fourth-order valence-corrected chi connectivity index (χ4v) is 4.17. The van der Waals surface area contributed by atoms with E-state index in [2.05, 4.69) is 34.5 Å². The first-order chi connectivity index (χ1) is 14.4. The first kappa shape index (κ1) is 21.8. The van der Waals surface area contributed by atoms with E-state index in [4.69, 9.17) is 0 Å². The van der Waals surface area contributed by atoms with Crippen molar-refractivity contribution >= 4 is 16.9 Å². The van der Waals surface area contributed by atoms with E-state index in [1.54, 1.807) is 4.68 Å². The SMILES string of the molecule is CCCCCC(NC(=O)CCc1c(C)c2c(C)nn(C)c2[nH]c1=O)c1ccccc1. The molecule has 0 saturated carbocycles. The Balaban J connectivity index is 1.72. The van der Waals surface area contributed by atoms with Crippen LogP contribution < -0.4 is 10.9 Å². The van der Waals surface area contributed by atoms with Gasteiger partial charge >= 0.3 is 0 Å². The predicted octanol–water partition coefficient (Wildman–Crippen LogP) is 4.25. The van der Waals surface area contributed by atoms with E-state index >= 15 is 0 Å². The van der Waals surface area contributed by atoms with Gasteiger partial charge in [0.15, 0.2) is 0 Å². The van der Waals surface area contributed by atoms with Gasteiger partial charge in [0, 0.05) is 24.4 Å². The summed E-state index contributed by atoms with van der Waals surface area (Å²) < 4.78 is 1.69. The molecule has 0 radical (unpaired) electrons. The number of fused-ring (bicyclic) bond motifs is 1. The third kappa shape index (κ3) is 4.81. The van der Waals surface area contributed by atoms with Crippen molar-refractivity contribution in [1.82, 2.24) is 20.1 Å². The smallest absolute Gasteiger partial charge is 0.253 e. The summed E-state index contributed by atoms with van der Waals surface area (Å²) in [5, 5.41) is 8.56. The van der Waals surface area contributed by atoms with Crippen LogP contribution >= 0.6 is 0 Å². The summed E-state index contributed by atoms with van der Waals surface area (Å²) in [6, 6.07) is 10.1. The van der Waals surface area contributed by atoms with Gasteiger partial charge in [-0.1, -0.05) is 56.5 Å². The molecule has 0 spiro atoms. The van der Waals surface area contributed by atoms with Crippen molar-refractivity contribution in [3.63, 3.8) is 0 Å². The van der Waals surface area contributed by atoms with Crippen molar-refractivity contribution < 1.29 is 4.79 Å². The lowest BCUT2D eigenvalue weighted by molar-refractivity contribution is -0.121. The molecule has 0 bridgehead atoms. The van der Waals surface area contributed by atoms with Crippen LogP contribution in [0.5, 0.6) is 0 Å². The third-order valence-electron chi connectivity index (χ3n) is 5.79. The van der Waals surface area contributed by atoms with Crippen LogP contribution in [0.15, 0.2) is 35.1 Å². The summed E-state index contributed by atoms with van der Waals surface area (Å²) in [5.41, 5.74) is 4.17. The molecule has 6 nitrogen and oxygen atoms in total. The number of aryl methyl sites for hydroxylation is 3. The Morgan fingerprint density at radius 3 is 2.63 bits per heavy atom. The van der Waals surface area contributed by atoms with Crippen LogP contribution in [0.4, 0.5) is 0 Å². The van der Waals surface area contributed by atoms with Crippen LogP contribution in [0.25, 0.3) is 11.0 Å². The summed E-state index contributed by atoms with van der Waals surface area (Å²) >= 11 is 0. The predicted molar refractivity (Wildman–Crippen MR) is 121 cm³/mol. The summed E-state index contributed by atoms with van der Waals surface area (Å²) in [5.74, 6) is -0.0258. The molecular formula is C24H32N4O2. The zero-order valence-electron chi connectivity index (χ0n) is 18.4. The number of nitrogens with one attached hydrogen (secondary N) is 2. The van der Waals surface area contributed by atoms with Gasteiger partial charge in [-0.05, 0) is 37.8 Å². The first-order valence-corrected chi connectivity index (χ1v) is 10.8. The number of aromatic amines is 1. The largest absolute Gasteiger partial charge is 0.349 e. The number of unbranched alkanes of at least 4 members (excludes halogenated alkanes) is 2. The van der Waals surface area contributed by atoms with E-state index in [0.29, 0.717) is 12.0 Å². The quantitative estimate of drug-likeness (QED) is 0.520. The lowest BCUT2D eigenvalue weighted by Gasteiger charge is -2.19. The minimum Gasteiger partial charge on any atom is -0.349 e. The molecule has 1 amide bonds. The molecule has 160 valence electrons. The van der Waals surface area contributed by atoms with E-state index in [1.807, 2.05) is 39.1 Å². The Kier molecular flexibility index (Phi) is 7.08. The van der Waals surface area contributed by atoms with E-state index < -0.39 is 0 Å². The molecule has 3 rings (SSSR count). The van der Waals surface area contributed by atoms with Crippen LogP contribution in [0.2, 0.25) is 0 Å². The van der Waals surface area contributed by atoms with Gasteiger partial charge in [-0.25, -0.2) is 0 Å². The Morgan fingerprint density at radius 1 is 1.20 bits per heavy atom. The number of aromatic nitrogens is 3. The molecule has 6 heteroatoms. The molecule has 0 aliphatic rings. The van der Waals surface area contributed by atoms with Crippen LogP contribution in [0, 0.1) is 13.8 Å². The lowest BCUT2D eigenvalue weighted by Crippen LogP contribution is -2.29. The topological polar surface area (TPSA) is 79.8 Å². The number of carbonyl (C=O) groups is 1. The standard InChI is InChI=1S/C24H32N4O2/c1-5-6-8-13-20(18-11-9-7-10-12-18)25-21(29)15-14-19-16(2)22-17(3)27-28(4)23(22)26-24(19)30/h7,9-12,20H,5-6,8,13-15H2,1-4H3,(H,25,29)(H,26,30). The highest BCUT2D eigenvalue weighted by molar-refractivity contribution is 5.83. The van der Waals surface area contributed by atoms with Crippen molar-refractivity contribution in [3.8, 4) is 0 Å². The van der Waals surface area contributed by atoms with Gasteiger partial charge in [-0.15, -0.1) is 0 Å². The summed E-state index contributed by atoms with van der Waals surface area (Å²) in [7, 11) is 1.82. The summed E-state index contributed by atoms with van der Waals surface area (Å²) in [6.45, 7) is 6.05. The maximum Gasteiger partial charge on any atom is 0.253 e. The molecule has 3 aromatic rings. The number of rotatable bonds is 9. The number of carbonyl (C=O) groups excluding carboxylic acids is 1. The highest BCUT2D eigenvalue weighted by atomic mass is 16.1. The molecule has 2 heterocycles. The highest BCUT2D eigenvalue weighted by Gasteiger charge is 2.18. The second kappa shape index (κ2) is 9.74. The first-order valence-electron chi connectivity index (χ1n) is 10.8. The molecule has 30 heavy (non-hydrogen) atoms. The number of nitrogens with zero attached hydrogens (tertiary/aromatic N) is 2. The van der Waals surface area contributed by atoms with Crippen LogP contribution in [-0.4, -0.2) is 20.7 Å². The van der Waals surface area contributed by atoms with E-state index in [1.165, 1.54) is 0 Å². The van der Waals surface area contributed by atoms with Crippen LogP contribution in [0.3, 0.4) is 0 Å². The van der Waals surface area contributed by atoms with Gasteiger partial charge in [0.05, 0.1) is 11.7 Å². The van der Waals surface area contributed by atoms with Crippen LogP contribution in [0.1, 0.15) is 67.5 Å². The molecule has 0 saturated heterocycles. The number of H-pyrrole nitrogens is 1. The minimum atomic E-state index is -0.140.